The molecule has 0 amide bonds. The Kier molecular flexibility index (Phi) is 3.44. The van der Waals surface area contributed by atoms with Gasteiger partial charge in [-0.1, -0.05) is 18.2 Å². The molecule has 1 aromatic carbocycles. The highest BCUT2D eigenvalue weighted by molar-refractivity contribution is 6.33. The van der Waals surface area contributed by atoms with E-state index in [-0.39, 0.29) is 5.82 Å². The third-order valence-electron chi connectivity index (χ3n) is 2.26. The van der Waals surface area contributed by atoms with Gasteiger partial charge < -0.3 is 5.32 Å². The molecule has 2 rings (SSSR count). The van der Waals surface area contributed by atoms with Gasteiger partial charge in [0.15, 0.2) is 0 Å². The SMILES string of the molecule is C=Cn1cc(CNc2ccc(F)cc2Cl)cn1. The second-order valence-corrected chi connectivity index (χ2v) is 3.90. The number of benzene rings is 1. The molecule has 0 atom stereocenters. The molecule has 0 aliphatic carbocycles. The zero-order valence-electron chi connectivity index (χ0n) is 9.03. The lowest BCUT2D eigenvalue weighted by atomic mass is 10.3. The Morgan fingerprint density at radius 3 is 3.00 bits per heavy atom. The maximum absolute atomic E-state index is 12.8. The molecule has 88 valence electrons. The van der Waals surface area contributed by atoms with Crippen molar-refractivity contribution >= 4 is 23.5 Å². The van der Waals surface area contributed by atoms with Gasteiger partial charge in [-0.2, -0.15) is 5.10 Å². The van der Waals surface area contributed by atoms with E-state index in [1.807, 2.05) is 6.20 Å². The van der Waals surface area contributed by atoms with Crippen LogP contribution in [0.15, 0.2) is 37.2 Å². The van der Waals surface area contributed by atoms with E-state index in [9.17, 15) is 4.39 Å². The van der Waals surface area contributed by atoms with Crippen LogP contribution in [-0.4, -0.2) is 9.78 Å². The van der Waals surface area contributed by atoms with Crippen molar-refractivity contribution in [2.45, 2.75) is 6.54 Å². The average Bonchev–Trinajstić information content (AvgIpc) is 2.76. The van der Waals surface area contributed by atoms with Crippen LogP contribution >= 0.6 is 11.6 Å². The first kappa shape index (κ1) is 11.7. The fourth-order valence-electron chi connectivity index (χ4n) is 1.40. The number of hydrogen-bond acceptors (Lipinski definition) is 2. The zero-order valence-corrected chi connectivity index (χ0v) is 9.78. The molecule has 5 heteroatoms. The van der Waals surface area contributed by atoms with E-state index in [0.29, 0.717) is 17.3 Å². The number of rotatable bonds is 4. The number of aromatic nitrogens is 2. The lowest BCUT2D eigenvalue weighted by Gasteiger charge is -2.06. The van der Waals surface area contributed by atoms with Crippen LogP contribution in [0.25, 0.3) is 6.20 Å². The third kappa shape index (κ3) is 2.85. The van der Waals surface area contributed by atoms with Crippen molar-refractivity contribution in [1.29, 1.82) is 0 Å². The first-order chi connectivity index (χ1) is 8.19. The van der Waals surface area contributed by atoms with Gasteiger partial charge in [-0.3, -0.25) is 0 Å². The van der Waals surface area contributed by atoms with Crippen molar-refractivity contribution in [2.24, 2.45) is 0 Å². The molecule has 0 aliphatic heterocycles. The largest absolute Gasteiger partial charge is 0.380 e. The summed E-state index contributed by atoms with van der Waals surface area (Å²) in [6, 6.07) is 4.24. The number of hydrogen-bond donors (Lipinski definition) is 1. The van der Waals surface area contributed by atoms with Gasteiger partial charge in [0.1, 0.15) is 5.82 Å². The molecular formula is C12H11ClFN3. The summed E-state index contributed by atoms with van der Waals surface area (Å²) < 4.78 is 14.4. The van der Waals surface area contributed by atoms with Gasteiger partial charge in [-0.25, -0.2) is 9.07 Å². The number of halogens is 2. The minimum absolute atomic E-state index is 0.347. The molecule has 1 N–H and O–H groups in total. The summed E-state index contributed by atoms with van der Waals surface area (Å²) >= 11 is 5.89. The maximum atomic E-state index is 12.8. The standard InChI is InChI=1S/C12H11ClFN3/c1-2-17-8-9(7-16-17)6-15-12-4-3-10(14)5-11(12)13/h2-5,7-8,15H,1,6H2. The molecule has 17 heavy (non-hydrogen) atoms. The first-order valence-corrected chi connectivity index (χ1v) is 5.41. The van der Waals surface area contributed by atoms with Crippen molar-refractivity contribution in [2.75, 3.05) is 5.32 Å². The summed E-state index contributed by atoms with van der Waals surface area (Å²) in [5.74, 6) is -0.347. The summed E-state index contributed by atoms with van der Waals surface area (Å²) in [5, 5.41) is 7.52. The highest BCUT2D eigenvalue weighted by atomic mass is 35.5. The second kappa shape index (κ2) is 5.01. The zero-order chi connectivity index (χ0) is 12.3. The molecular weight excluding hydrogens is 241 g/mol. The molecule has 0 radical (unpaired) electrons. The number of nitrogens with one attached hydrogen (secondary N) is 1. The summed E-state index contributed by atoms with van der Waals surface area (Å²) in [7, 11) is 0. The van der Waals surface area contributed by atoms with E-state index >= 15 is 0 Å². The van der Waals surface area contributed by atoms with E-state index in [4.69, 9.17) is 11.6 Å². The van der Waals surface area contributed by atoms with Gasteiger partial charge in [-0.05, 0) is 18.2 Å². The van der Waals surface area contributed by atoms with Gasteiger partial charge in [0.05, 0.1) is 16.9 Å². The molecule has 0 fully saturated rings. The van der Waals surface area contributed by atoms with Crippen LogP contribution in [0, 0.1) is 5.82 Å². The fraction of sp³-hybridized carbons (Fsp3) is 0.0833. The Morgan fingerprint density at radius 2 is 2.35 bits per heavy atom. The molecule has 0 saturated heterocycles. The van der Waals surface area contributed by atoms with E-state index in [1.165, 1.54) is 12.1 Å². The smallest absolute Gasteiger partial charge is 0.124 e. The monoisotopic (exact) mass is 251 g/mol. The second-order valence-electron chi connectivity index (χ2n) is 3.49. The molecule has 2 aromatic rings. The van der Waals surface area contributed by atoms with E-state index in [0.717, 1.165) is 5.56 Å². The van der Waals surface area contributed by atoms with Gasteiger partial charge in [0.25, 0.3) is 0 Å². The highest BCUT2D eigenvalue weighted by Crippen LogP contribution is 2.22. The molecule has 1 aromatic heterocycles. The van der Waals surface area contributed by atoms with Crippen molar-refractivity contribution in [3.63, 3.8) is 0 Å². The van der Waals surface area contributed by atoms with Gasteiger partial charge in [0, 0.05) is 24.5 Å². The summed E-state index contributed by atoms with van der Waals surface area (Å²) in [6.07, 6.45) is 5.18. The minimum atomic E-state index is -0.347. The van der Waals surface area contributed by atoms with Crippen LogP contribution < -0.4 is 5.32 Å². The van der Waals surface area contributed by atoms with Gasteiger partial charge >= 0.3 is 0 Å². The van der Waals surface area contributed by atoms with Crippen LogP contribution in [0.4, 0.5) is 10.1 Å². The Hall–Kier alpha value is -1.81. The molecule has 0 unspecified atom stereocenters. The molecule has 0 aliphatic rings. The van der Waals surface area contributed by atoms with Crippen molar-refractivity contribution in [3.05, 3.63) is 53.6 Å². The van der Waals surface area contributed by atoms with Crippen molar-refractivity contribution < 1.29 is 4.39 Å². The Bertz CT molecular complexity index is 536. The van der Waals surface area contributed by atoms with Crippen LogP contribution in [0.5, 0.6) is 0 Å². The minimum Gasteiger partial charge on any atom is -0.380 e. The molecule has 3 nitrogen and oxygen atoms in total. The molecule has 0 saturated carbocycles. The molecule has 1 heterocycles. The predicted octanol–water partition coefficient (Wildman–Crippen LogP) is 3.39. The first-order valence-electron chi connectivity index (χ1n) is 5.03. The maximum Gasteiger partial charge on any atom is 0.124 e. The number of anilines is 1. The van der Waals surface area contributed by atoms with Gasteiger partial charge in [0.2, 0.25) is 0 Å². The van der Waals surface area contributed by atoms with Crippen molar-refractivity contribution in [1.82, 2.24) is 9.78 Å². The molecule has 0 spiro atoms. The van der Waals surface area contributed by atoms with Crippen LogP contribution in [0.2, 0.25) is 5.02 Å². The lowest BCUT2D eigenvalue weighted by Crippen LogP contribution is -1.99. The third-order valence-corrected chi connectivity index (χ3v) is 2.57. The molecule has 0 bridgehead atoms. The van der Waals surface area contributed by atoms with Crippen molar-refractivity contribution in [3.8, 4) is 0 Å². The van der Waals surface area contributed by atoms with E-state index in [2.05, 4.69) is 17.0 Å². The summed E-state index contributed by atoms with van der Waals surface area (Å²) in [6.45, 7) is 4.17. The summed E-state index contributed by atoms with van der Waals surface area (Å²) in [4.78, 5) is 0. The fourth-order valence-corrected chi connectivity index (χ4v) is 1.63. The van der Waals surface area contributed by atoms with Crippen LogP contribution in [0.3, 0.4) is 0 Å². The average molecular weight is 252 g/mol. The van der Waals surface area contributed by atoms with Crippen LogP contribution in [0.1, 0.15) is 5.56 Å². The Labute approximate surface area is 104 Å². The Morgan fingerprint density at radius 1 is 1.53 bits per heavy atom. The van der Waals surface area contributed by atoms with E-state index < -0.39 is 0 Å². The Balaban J connectivity index is 2.04. The highest BCUT2D eigenvalue weighted by Gasteiger charge is 2.02. The van der Waals surface area contributed by atoms with Crippen LogP contribution in [-0.2, 0) is 6.54 Å². The van der Waals surface area contributed by atoms with E-state index in [1.54, 1.807) is 23.1 Å². The number of nitrogens with zero attached hydrogens (tertiary/aromatic N) is 2. The predicted molar refractivity (Wildman–Crippen MR) is 67.4 cm³/mol. The lowest BCUT2D eigenvalue weighted by molar-refractivity contribution is 0.628. The topological polar surface area (TPSA) is 29.9 Å². The normalized spacial score (nSPS) is 10.2. The quantitative estimate of drug-likeness (QED) is 0.903. The summed E-state index contributed by atoms with van der Waals surface area (Å²) in [5.41, 5.74) is 1.68. The van der Waals surface area contributed by atoms with Gasteiger partial charge in [-0.15, -0.1) is 0 Å².